The fourth-order valence-corrected chi connectivity index (χ4v) is 0. The molecule has 0 fully saturated rings. The molecule has 0 amide bonds. The van der Waals surface area contributed by atoms with Crippen LogP contribution in [0.3, 0.4) is 0 Å². The summed E-state index contributed by atoms with van der Waals surface area (Å²) in [5.74, 6) is -7.20. The molecule has 0 aliphatic carbocycles. The average Bonchev–Trinajstić information content (AvgIpc) is 2.64. The third-order valence-electron chi connectivity index (χ3n) is 0.645. The summed E-state index contributed by atoms with van der Waals surface area (Å²) in [6.07, 6.45) is 0. The van der Waals surface area contributed by atoms with Gasteiger partial charge in [0.05, 0.1) is 62.9 Å². The minimum absolute atomic E-state index is 0. The van der Waals surface area contributed by atoms with E-state index in [1.807, 2.05) is 0 Å². The molecule has 162 valence electrons. The van der Waals surface area contributed by atoms with E-state index in [-0.39, 0.29) is 40.6 Å². The largest absolute Gasteiger partial charge is 4.00 e. The summed E-state index contributed by atoms with van der Waals surface area (Å²) in [5, 5.41) is 82.4. The number of aliphatic carboxylic acids is 5. The summed E-state index contributed by atoms with van der Waals surface area (Å²) >= 11 is 0. The first-order valence-electron chi connectivity index (χ1n) is 5.89. The van der Waals surface area contributed by atoms with Gasteiger partial charge in [-0.3, -0.25) is 0 Å². The van der Waals surface area contributed by atoms with Gasteiger partial charge in [-0.15, -0.1) is 13.2 Å². The first-order chi connectivity index (χ1) is 12.4. The summed E-state index contributed by atoms with van der Waals surface area (Å²) in [4.78, 5) is 45.0. The van der Waals surface area contributed by atoms with Gasteiger partial charge in [0.2, 0.25) is 0 Å². The van der Waals surface area contributed by atoms with Crippen molar-refractivity contribution in [1.29, 1.82) is 0 Å². The van der Waals surface area contributed by atoms with Gasteiger partial charge in [-0.2, -0.15) is 0 Å². The monoisotopic (exact) mass is 458 g/mol. The molecule has 0 radical (unpaired) electrons. The van der Waals surface area contributed by atoms with E-state index in [9.17, 15) is 0 Å². The maximum absolute atomic E-state index is 9.01. The van der Waals surface area contributed by atoms with E-state index < -0.39 is 62.9 Å². The molecule has 0 bridgehead atoms. The zero-order chi connectivity index (χ0) is 23.4. The van der Waals surface area contributed by atoms with Gasteiger partial charge in [0.15, 0.2) is 0 Å². The molecule has 0 unspecified atom stereocenters. The molecular weight excluding hydrogens is 439 g/mol. The molecule has 0 aromatic carbocycles. The molecular formula is C12H19LiO15Ti. The van der Waals surface area contributed by atoms with E-state index in [0.717, 1.165) is 0 Å². The Hall–Kier alpha value is -1.80. The van der Waals surface area contributed by atoms with Crippen LogP contribution in [0.5, 0.6) is 0 Å². The molecule has 0 rings (SSSR count). The molecule has 0 saturated carbocycles. The predicted molar refractivity (Wildman–Crippen MR) is 71.7 cm³/mol. The molecule has 0 saturated heterocycles. The van der Waals surface area contributed by atoms with Crippen LogP contribution in [0.15, 0.2) is 13.2 Å². The van der Waals surface area contributed by atoms with Crippen LogP contribution in [0.1, 0.15) is 0 Å². The number of aliphatic hydroxyl groups is 5. The van der Waals surface area contributed by atoms with E-state index >= 15 is 0 Å². The summed E-state index contributed by atoms with van der Waals surface area (Å²) in [5.41, 5.74) is 0. The smallest absolute Gasteiger partial charge is 0.548 e. The molecule has 0 aromatic rings. The Balaban J connectivity index is -0.0000000305. The molecule has 0 aliphatic heterocycles. The first kappa shape index (κ1) is 50.6. The third-order valence-corrected chi connectivity index (χ3v) is 0.645. The molecule has 0 atom stereocenters. The first-order valence-corrected chi connectivity index (χ1v) is 5.89. The molecule has 0 aromatic heterocycles. The summed E-state index contributed by atoms with van der Waals surface area (Å²) in [7, 11) is 0. The average molecular weight is 458 g/mol. The van der Waals surface area contributed by atoms with Crippen molar-refractivity contribution in [3.8, 4) is 0 Å². The SMILES string of the molecule is C=C.O=C([O-])CO.O=C([O-])CO.O=C([O-])CO.O=C([O-])CO.O=C([O-])CO.[Li+].[Ti+4]. The number of carboxylic acid groups (broad SMARTS) is 5. The molecule has 0 spiro atoms. The number of carboxylic acids is 5. The van der Waals surface area contributed by atoms with Gasteiger partial charge in [-0.05, 0) is 0 Å². The normalized spacial score (nSPS) is 6.52. The quantitative estimate of drug-likeness (QED) is 0.189. The standard InChI is InChI=1S/5C2H4O3.C2H4.Li.Ti/c5*3-1-2(4)5;1-2;;/h5*3H,1H2,(H,4,5);1-2H2;;/q;;;;;;+1;+4/p-5. The second kappa shape index (κ2) is 50.2. The van der Waals surface area contributed by atoms with E-state index in [4.69, 9.17) is 75.0 Å². The van der Waals surface area contributed by atoms with Crippen molar-refractivity contribution in [1.82, 2.24) is 0 Å². The van der Waals surface area contributed by atoms with Crippen LogP contribution in [0.4, 0.5) is 0 Å². The topological polar surface area (TPSA) is 302 Å². The van der Waals surface area contributed by atoms with Crippen LogP contribution in [0, 0.1) is 0 Å². The van der Waals surface area contributed by atoms with E-state index in [2.05, 4.69) is 13.2 Å². The van der Waals surface area contributed by atoms with Gasteiger partial charge in [0.1, 0.15) is 0 Å². The minimum Gasteiger partial charge on any atom is -0.548 e. The van der Waals surface area contributed by atoms with Gasteiger partial charge in [0.25, 0.3) is 0 Å². The van der Waals surface area contributed by atoms with Crippen molar-refractivity contribution in [3.05, 3.63) is 13.2 Å². The van der Waals surface area contributed by atoms with Crippen LogP contribution in [-0.4, -0.2) is 88.4 Å². The van der Waals surface area contributed by atoms with Crippen molar-refractivity contribution in [2.75, 3.05) is 33.0 Å². The fourth-order valence-electron chi connectivity index (χ4n) is 0. The number of carbonyl (C=O) groups is 5. The number of hydrogen-bond acceptors (Lipinski definition) is 15. The minimum atomic E-state index is -1.44. The molecule has 15 nitrogen and oxygen atoms in total. The van der Waals surface area contributed by atoms with Gasteiger partial charge in [0, 0.05) is 0 Å². The van der Waals surface area contributed by atoms with Crippen molar-refractivity contribution < 1.29 is 116 Å². The van der Waals surface area contributed by atoms with Gasteiger partial charge in [-0.25, -0.2) is 0 Å². The maximum Gasteiger partial charge on any atom is 4.00 e. The molecule has 0 aliphatic rings. The Morgan fingerprint density at radius 3 is 0.517 bits per heavy atom. The zero-order valence-electron chi connectivity index (χ0n) is 15.3. The fraction of sp³-hybridized carbons (Fsp3) is 0.417. The second-order valence-corrected chi connectivity index (χ2v) is 2.65. The molecule has 0 heterocycles. The number of hydrogen-bond donors (Lipinski definition) is 5. The van der Waals surface area contributed by atoms with Crippen LogP contribution in [0.25, 0.3) is 0 Å². The number of carbonyl (C=O) groups excluding carboxylic acids is 5. The second-order valence-electron chi connectivity index (χ2n) is 2.65. The number of aliphatic hydroxyl groups excluding tert-OH is 5. The summed E-state index contributed by atoms with van der Waals surface area (Å²) in [6, 6.07) is 0. The summed E-state index contributed by atoms with van der Waals surface area (Å²) < 4.78 is 0. The molecule has 5 N–H and O–H groups in total. The molecule has 17 heteroatoms. The Morgan fingerprint density at radius 1 is 0.483 bits per heavy atom. The Bertz CT molecular complexity index is 310. The van der Waals surface area contributed by atoms with E-state index in [1.54, 1.807) is 0 Å². The maximum atomic E-state index is 9.01. The third kappa shape index (κ3) is 228. The van der Waals surface area contributed by atoms with Crippen molar-refractivity contribution in [3.63, 3.8) is 0 Å². The number of rotatable bonds is 5. The van der Waals surface area contributed by atoms with Crippen LogP contribution in [0.2, 0.25) is 0 Å². The van der Waals surface area contributed by atoms with Crippen LogP contribution in [-0.2, 0) is 45.7 Å². The van der Waals surface area contributed by atoms with E-state index in [1.165, 1.54) is 0 Å². The molecule has 29 heavy (non-hydrogen) atoms. The van der Waals surface area contributed by atoms with Crippen molar-refractivity contribution in [2.45, 2.75) is 0 Å². The van der Waals surface area contributed by atoms with Gasteiger partial charge >= 0.3 is 40.6 Å². The van der Waals surface area contributed by atoms with Gasteiger partial charge in [-0.1, -0.05) is 0 Å². The predicted octanol–water partition coefficient (Wildman–Crippen LogP) is -13.6. The Kier molecular flexibility index (Phi) is 87.7. The van der Waals surface area contributed by atoms with E-state index in [0.29, 0.717) is 0 Å². The van der Waals surface area contributed by atoms with Crippen LogP contribution < -0.4 is 44.4 Å². The van der Waals surface area contributed by atoms with Crippen LogP contribution >= 0.6 is 0 Å². The van der Waals surface area contributed by atoms with Gasteiger partial charge < -0.3 is 75.0 Å². The summed E-state index contributed by atoms with van der Waals surface area (Å²) in [6.45, 7) is 1.56. The Morgan fingerprint density at radius 2 is 0.517 bits per heavy atom. The van der Waals surface area contributed by atoms with Crippen molar-refractivity contribution in [2.24, 2.45) is 0 Å². The zero-order valence-corrected chi connectivity index (χ0v) is 16.8. The van der Waals surface area contributed by atoms with Crippen molar-refractivity contribution >= 4 is 29.8 Å². The Labute approximate surface area is 191 Å².